The molecular weight excluding hydrogens is 310 g/mol. The van der Waals surface area contributed by atoms with E-state index >= 15 is 0 Å². The summed E-state index contributed by atoms with van der Waals surface area (Å²) in [6.45, 7) is 0. The predicted octanol–water partition coefficient (Wildman–Crippen LogP) is 4.95. The molecule has 0 aliphatic heterocycles. The van der Waals surface area contributed by atoms with Gasteiger partial charge in [0, 0.05) is 5.56 Å². The summed E-state index contributed by atoms with van der Waals surface area (Å²) in [5, 5.41) is 5.25. The zero-order valence-corrected chi connectivity index (χ0v) is 13.6. The summed E-state index contributed by atoms with van der Waals surface area (Å²) in [7, 11) is 0. The molecular formula is C22H17NO2. The van der Waals surface area contributed by atoms with Gasteiger partial charge in [-0.2, -0.15) is 0 Å². The van der Waals surface area contributed by atoms with E-state index in [-0.39, 0.29) is 11.9 Å². The molecule has 0 spiro atoms. The highest BCUT2D eigenvalue weighted by Crippen LogP contribution is 2.23. The second kappa shape index (κ2) is 6.65. The van der Waals surface area contributed by atoms with E-state index in [2.05, 4.69) is 5.32 Å². The minimum Gasteiger partial charge on any atom is -0.467 e. The van der Waals surface area contributed by atoms with E-state index in [1.54, 1.807) is 6.26 Å². The third-order valence-corrected chi connectivity index (χ3v) is 4.25. The van der Waals surface area contributed by atoms with E-state index in [1.165, 1.54) is 0 Å². The fraction of sp³-hybridized carbons (Fsp3) is 0.0455. The molecule has 122 valence electrons. The molecule has 3 heteroatoms. The quantitative estimate of drug-likeness (QED) is 0.576. The smallest absolute Gasteiger partial charge is 0.252 e. The Labute approximate surface area is 145 Å². The first-order chi connectivity index (χ1) is 12.3. The minimum atomic E-state index is -0.324. The van der Waals surface area contributed by atoms with Crippen LogP contribution in [-0.2, 0) is 0 Å². The van der Waals surface area contributed by atoms with Crippen molar-refractivity contribution < 1.29 is 9.21 Å². The van der Waals surface area contributed by atoms with Gasteiger partial charge in [-0.15, -0.1) is 0 Å². The van der Waals surface area contributed by atoms with E-state index in [9.17, 15) is 4.79 Å². The van der Waals surface area contributed by atoms with Crippen molar-refractivity contribution in [3.05, 3.63) is 108 Å². The van der Waals surface area contributed by atoms with E-state index in [1.807, 2.05) is 84.9 Å². The number of carbonyl (C=O) groups is 1. The number of furan rings is 1. The molecule has 0 saturated heterocycles. The van der Waals surface area contributed by atoms with Gasteiger partial charge in [0.05, 0.1) is 6.26 Å². The Morgan fingerprint density at radius 3 is 2.32 bits per heavy atom. The molecule has 25 heavy (non-hydrogen) atoms. The highest BCUT2D eigenvalue weighted by molar-refractivity contribution is 5.98. The van der Waals surface area contributed by atoms with Gasteiger partial charge in [-0.1, -0.05) is 60.7 Å². The van der Waals surface area contributed by atoms with E-state index in [4.69, 9.17) is 4.42 Å². The van der Waals surface area contributed by atoms with Crippen molar-refractivity contribution >= 4 is 16.7 Å². The molecule has 1 N–H and O–H groups in total. The Morgan fingerprint density at radius 2 is 1.56 bits per heavy atom. The summed E-state index contributed by atoms with van der Waals surface area (Å²) in [6, 6.07) is 26.9. The maximum Gasteiger partial charge on any atom is 0.252 e. The van der Waals surface area contributed by atoms with Crippen molar-refractivity contribution in [1.82, 2.24) is 5.32 Å². The second-order valence-corrected chi connectivity index (χ2v) is 5.89. The molecule has 1 atom stereocenters. The molecule has 0 aliphatic rings. The lowest BCUT2D eigenvalue weighted by Gasteiger charge is -2.17. The fourth-order valence-corrected chi connectivity index (χ4v) is 2.96. The number of hydrogen-bond donors (Lipinski definition) is 1. The zero-order chi connectivity index (χ0) is 17.1. The standard InChI is InChI=1S/C22H17NO2/c24-22(19-13-12-16-7-4-5-10-18(16)15-19)23-21(20-11-6-14-25-20)17-8-2-1-3-9-17/h1-15,21H,(H,23,24). The van der Waals surface area contributed by atoms with Gasteiger partial charge in [0.25, 0.3) is 5.91 Å². The molecule has 0 radical (unpaired) electrons. The van der Waals surface area contributed by atoms with Crippen molar-refractivity contribution in [3.63, 3.8) is 0 Å². The highest BCUT2D eigenvalue weighted by Gasteiger charge is 2.20. The largest absolute Gasteiger partial charge is 0.467 e. The Hall–Kier alpha value is -3.33. The number of benzene rings is 3. The van der Waals surface area contributed by atoms with E-state index in [0.717, 1.165) is 16.3 Å². The van der Waals surface area contributed by atoms with Crippen LogP contribution in [0.25, 0.3) is 10.8 Å². The summed E-state index contributed by atoms with van der Waals surface area (Å²) < 4.78 is 5.54. The predicted molar refractivity (Wildman–Crippen MR) is 98.4 cm³/mol. The van der Waals surface area contributed by atoms with Crippen LogP contribution in [0.5, 0.6) is 0 Å². The normalized spacial score (nSPS) is 12.0. The molecule has 1 heterocycles. The number of carbonyl (C=O) groups excluding carboxylic acids is 1. The van der Waals surface area contributed by atoms with Crippen molar-refractivity contribution in [3.8, 4) is 0 Å². The number of nitrogens with one attached hydrogen (secondary N) is 1. The second-order valence-electron chi connectivity index (χ2n) is 5.89. The summed E-state index contributed by atoms with van der Waals surface area (Å²) in [6.07, 6.45) is 1.62. The van der Waals surface area contributed by atoms with Crippen LogP contribution in [0, 0.1) is 0 Å². The van der Waals surface area contributed by atoms with Gasteiger partial charge >= 0.3 is 0 Å². The topological polar surface area (TPSA) is 42.2 Å². The van der Waals surface area contributed by atoms with E-state index in [0.29, 0.717) is 11.3 Å². The van der Waals surface area contributed by atoms with Crippen molar-refractivity contribution in [2.24, 2.45) is 0 Å². The lowest BCUT2D eigenvalue weighted by Crippen LogP contribution is -2.29. The molecule has 1 unspecified atom stereocenters. The Balaban J connectivity index is 1.66. The van der Waals surface area contributed by atoms with Crippen LogP contribution in [0.2, 0.25) is 0 Å². The average Bonchev–Trinajstić information content (AvgIpc) is 3.20. The molecule has 0 bridgehead atoms. The number of amides is 1. The summed E-state index contributed by atoms with van der Waals surface area (Å²) in [5.41, 5.74) is 1.61. The van der Waals surface area contributed by atoms with Crippen LogP contribution < -0.4 is 5.32 Å². The molecule has 4 rings (SSSR count). The molecule has 4 aromatic rings. The molecule has 0 aliphatic carbocycles. The Kier molecular flexibility index (Phi) is 4.05. The van der Waals surface area contributed by atoms with Crippen LogP contribution in [0.1, 0.15) is 27.7 Å². The maximum atomic E-state index is 12.8. The van der Waals surface area contributed by atoms with Crippen LogP contribution >= 0.6 is 0 Å². The van der Waals surface area contributed by atoms with Gasteiger partial charge in [0.1, 0.15) is 11.8 Å². The summed E-state index contributed by atoms with van der Waals surface area (Å²) in [4.78, 5) is 12.8. The summed E-state index contributed by atoms with van der Waals surface area (Å²) >= 11 is 0. The highest BCUT2D eigenvalue weighted by atomic mass is 16.3. The first-order valence-corrected chi connectivity index (χ1v) is 8.19. The maximum absolute atomic E-state index is 12.8. The van der Waals surface area contributed by atoms with Crippen LogP contribution in [0.15, 0.2) is 95.6 Å². The first-order valence-electron chi connectivity index (χ1n) is 8.19. The number of fused-ring (bicyclic) bond motifs is 1. The van der Waals surface area contributed by atoms with Gasteiger partial charge in [-0.05, 0) is 40.6 Å². The van der Waals surface area contributed by atoms with Crippen LogP contribution in [0.4, 0.5) is 0 Å². The molecule has 3 nitrogen and oxygen atoms in total. The number of rotatable bonds is 4. The molecule has 0 saturated carbocycles. The van der Waals surface area contributed by atoms with E-state index < -0.39 is 0 Å². The van der Waals surface area contributed by atoms with Gasteiger partial charge in [0.2, 0.25) is 0 Å². The third-order valence-electron chi connectivity index (χ3n) is 4.25. The monoisotopic (exact) mass is 327 g/mol. The lowest BCUT2D eigenvalue weighted by atomic mass is 10.0. The van der Waals surface area contributed by atoms with Gasteiger partial charge in [0.15, 0.2) is 0 Å². The Bertz CT molecular complexity index is 991. The summed E-state index contributed by atoms with van der Waals surface area (Å²) in [5.74, 6) is 0.580. The van der Waals surface area contributed by atoms with Crippen molar-refractivity contribution in [1.29, 1.82) is 0 Å². The molecule has 1 amide bonds. The van der Waals surface area contributed by atoms with Crippen LogP contribution in [-0.4, -0.2) is 5.91 Å². The lowest BCUT2D eigenvalue weighted by molar-refractivity contribution is 0.0939. The minimum absolute atomic E-state index is 0.129. The van der Waals surface area contributed by atoms with Gasteiger partial charge < -0.3 is 9.73 Å². The van der Waals surface area contributed by atoms with Gasteiger partial charge in [-0.25, -0.2) is 0 Å². The third kappa shape index (κ3) is 3.17. The SMILES string of the molecule is O=C(NC(c1ccccc1)c1ccco1)c1ccc2ccccc2c1. The first kappa shape index (κ1) is 15.2. The average molecular weight is 327 g/mol. The fourth-order valence-electron chi connectivity index (χ4n) is 2.96. The molecule has 3 aromatic carbocycles. The number of hydrogen-bond acceptors (Lipinski definition) is 2. The molecule has 1 aromatic heterocycles. The zero-order valence-electron chi connectivity index (χ0n) is 13.6. The van der Waals surface area contributed by atoms with Crippen molar-refractivity contribution in [2.45, 2.75) is 6.04 Å². The van der Waals surface area contributed by atoms with Gasteiger partial charge in [-0.3, -0.25) is 4.79 Å². The molecule has 0 fully saturated rings. The van der Waals surface area contributed by atoms with Crippen LogP contribution in [0.3, 0.4) is 0 Å². The Morgan fingerprint density at radius 1 is 0.800 bits per heavy atom. The van der Waals surface area contributed by atoms with Crippen molar-refractivity contribution in [2.75, 3.05) is 0 Å².